The van der Waals surface area contributed by atoms with Gasteiger partial charge in [0.1, 0.15) is 0 Å². The van der Waals surface area contributed by atoms with Gasteiger partial charge in [0.2, 0.25) is 11.7 Å². The van der Waals surface area contributed by atoms with Gasteiger partial charge < -0.3 is 15.0 Å². The van der Waals surface area contributed by atoms with Crippen molar-refractivity contribution in [2.75, 3.05) is 6.54 Å². The van der Waals surface area contributed by atoms with Gasteiger partial charge >= 0.3 is 0 Å². The number of hydrogen-bond acceptors (Lipinski definition) is 5. The van der Waals surface area contributed by atoms with Gasteiger partial charge in [-0.1, -0.05) is 5.16 Å². The molecule has 2 rings (SSSR count). The molecule has 5 nitrogen and oxygen atoms in total. The van der Waals surface area contributed by atoms with Gasteiger partial charge in [0, 0.05) is 6.92 Å². The van der Waals surface area contributed by atoms with E-state index in [1.165, 1.54) is 12.1 Å². The summed E-state index contributed by atoms with van der Waals surface area (Å²) in [6.07, 6.45) is 0.401. The lowest BCUT2D eigenvalue weighted by atomic mass is 10.1. The van der Waals surface area contributed by atoms with Crippen LogP contribution in [-0.4, -0.2) is 16.7 Å². The van der Waals surface area contributed by atoms with Crippen molar-refractivity contribution >= 4 is 0 Å². The van der Waals surface area contributed by atoms with E-state index in [9.17, 15) is 8.78 Å². The molecule has 0 bridgehead atoms. The van der Waals surface area contributed by atoms with Crippen molar-refractivity contribution in [2.24, 2.45) is 5.73 Å². The van der Waals surface area contributed by atoms with Gasteiger partial charge in [0.15, 0.2) is 24.0 Å². The van der Waals surface area contributed by atoms with Gasteiger partial charge in [-0.2, -0.15) is 4.98 Å². The fourth-order valence-electron chi connectivity index (χ4n) is 1.60. The molecule has 0 saturated heterocycles. The van der Waals surface area contributed by atoms with Gasteiger partial charge in [-0.15, -0.1) is 0 Å². The molecule has 2 N–H and O–H groups in total. The summed E-state index contributed by atoms with van der Waals surface area (Å²) in [5.74, 6) is -1.42. The Morgan fingerprint density at radius 1 is 1.32 bits per heavy atom. The number of nitrogens with zero attached hydrogens (tertiary/aromatic N) is 2. The van der Waals surface area contributed by atoms with Crippen molar-refractivity contribution < 1.29 is 18.0 Å². The van der Waals surface area contributed by atoms with Crippen molar-refractivity contribution in [3.8, 4) is 5.75 Å². The topological polar surface area (TPSA) is 74.2 Å². The fraction of sp³-hybridized carbons (Fsp3) is 0.333. The van der Waals surface area contributed by atoms with E-state index in [1.54, 1.807) is 6.92 Å². The Hall–Kier alpha value is -2.02. The predicted octanol–water partition coefficient (Wildman–Crippen LogP) is 1.74. The zero-order valence-corrected chi connectivity index (χ0v) is 10.3. The van der Waals surface area contributed by atoms with Crippen LogP contribution in [0.2, 0.25) is 0 Å². The first-order valence-corrected chi connectivity index (χ1v) is 5.70. The monoisotopic (exact) mass is 269 g/mol. The summed E-state index contributed by atoms with van der Waals surface area (Å²) in [6.45, 7) is 1.77. The normalized spacial score (nSPS) is 10.7. The third-order valence-corrected chi connectivity index (χ3v) is 2.41. The van der Waals surface area contributed by atoms with Crippen LogP contribution in [0.25, 0.3) is 0 Å². The molecule has 0 spiro atoms. The number of rotatable bonds is 5. The number of nitrogens with two attached hydrogens (primary N) is 1. The Labute approximate surface area is 108 Å². The Morgan fingerprint density at radius 3 is 2.53 bits per heavy atom. The maximum atomic E-state index is 13.7. The number of hydrogen-bond donors (Lipinski definition) is 1. The highest BCUT2D eigenvalue weighted by molar-refractivity contribution is 5.31. The molecule has 0 saturated carbocycles. The number of aryl methyl sites for hydroxylation is 1. The Bertz CT molecular complexity index is 549. The van der Waals surface area contributed by atoms with Gasteiger partial charge in [-0.05, 0) is 30.7 Å². The lowest BCUT2D eigenvalue weighted by molar-refractivity contribution is 0.259. The van der Waals surface area contributed by atoms with E-state index in [0.717, 1.165) is 0 Å². The third-order valence-electron chi connectivity index (χ3n) is 2.41. The van der Waals surface area contributed by atoms with Crippen LogP contribution in [0.3, 0.4) is 0 Å². The van der Waals surface area contributed by atoms with Crippen LogP contribution < -0.4 is 10.5 Å². The first-order valence-electron chi connectivity index (χ1n) is 5.70. The zero-order valence-electron chi connectivity index (χ0n) is 10.3. The molecule has 102 valence electrons. The first kappa shape index (κ1) is 13.4. The lowest BCUT2D eigenvalue weighted by Crippen LogP contribution is -2.06. The fourth-order valence-corrected chi connectivity index (χ4v) is 1.60. The summed E-state index contributed by atoms with van der Waals surface area (Å²) in [4.78, 5) is 3.87. The minimum atomic E-state index is -0.774. The SMILES string of the molecule is Cc1nc(COc2c(F)cc(CCN)cc2F)no1. The van der Waals surface area contributed by atoms with E-state index in [-0.39, 0.29) is 12.4 Å². The van der Waals surface area contributed by atoms with E-state index >= 15 is 0 Å². The predicted molar refractivity (Wildman–Crippen MR) is 62.5 cm³/mol. The summed E-state index contributed by atoms with van der Waals surface area (Å²) in [5.41, 5.74) is 5.82. The highest BCUT2D eigenvalue weighted by atomic mass is 19.1. The molecule has 1 heterocycles. The zero-order chi connectivity index (χ0) is 13.8. The minimum absolute atomic E-state index is 0.165. The van der Waals surface area contributed by atoms with Crippen LogP contribution in [0.1, 0.15) is 17.3 Å². The highest BCUT2D eigenvalue weighted by Crippen LogP contribution is 2.24. The summed E-state index contributed by atoms with van der Waals surface area (Å²) < 4.78 is 37.1. The highest BCUT2D eigenvalue weighted by Gasteiger charge is 2.14. The van der Waals surface area contributed by atoms with Crippen molar-refractivity contribution in [2.45, 2.75) is 20.0 Å². The van der Waals surface area contributed by atoms with E-state index in [4.69, 9.17) is 15.0 Å². The molecule has 0 fully saturated rings. The van der Waals surface area contributed by atoms with Crippen LogP contribution in [-0.2, 0) is 13.0 Å². The number of benzene rings is 1. The molecule has 19 heavy (non-hydrogen) atoms. The maximum Gasteiger partial charge on any atom is 0.223 e. The average molecular weight is 269 g/mol. The molecule has 7 heteroatoms. The Kier molecular flexibility index (Phi) is 4.06. The van der Waals surface area contributed by atoms with Crippen LogP contribution in [0.15, 0.2) is 16.7 Å². The van der Waals surface area contributed by atoms with Crippen LogP contribution in [0.5, 0.6) is 5.75 Å². The van der Waals surface area contributed by atoms with Gasteiger partial charge in [-0.3, -0.25) is 0 Å². The Balaban J connectivity index is 2.11. The smallest absolute Gasteiger partial charge is 0.223 e. The third kappa shape index (κ3) is 3.25. The van der Waals surface area contributed by atoms with E-state index in [1.807, 2.05) is 0 Å². The first-order chi connectivity index (χ1) is 9.10. The molecule has 2 aromatic rings. The van der Waals surface area contributed by atoms with Crippen LogP contribution in [0, 0.1) is 18.6 Å². The van der Waals surface area contributed by atoms with Crippen molar-refractivity contribution in [1.29, 1.82) is 0 Å². The molecular weight excluding hydrogens is 256 g/mol. The molecule has 0 aliphatic carbocycles. The minimum Gasteiger partial charge on any atom is -0.479 e. The molecule has 0 radical (unpaired) electrons. The lowest BCUT2D eigenvalue weighted by Gasteiger charge is -2.08. The molecule has 0 aliphatic heterocycles. The van der Waals surface area contributed by atoms with E-state index in [0.29, 0.717) is 24.4 Å². The largest absolute Gasteiger partial charge is 0.479 e. The quantitative estimate of drug-likeness (QED) is 0.894. The molecule has 1 aromatic heterocycles. The van der Waals surface area contributed by atoms with Crippen molar-refractivity contribution in [1.82, 2.24) is 10.1 Å². The van der Waals surface area contributed by atoms with Crippen LogP contribution in [0.4, 0.5) is 8.78 Å². The maximum absolute atomic E-state index is 13.7. The van der Waals surface area contributed by atoms with E-state index < -0.39 is 17.4 Å². The number of ether oxygens (including phenoxy) is 1. The van der Waals surface area contributed by atoms with Gasteiger partial charge in [-0.25, -0.2) is 8.78 Å². The molecular formula is C12H13F2N3O2. The Morgan fingerprint density at radius 2 is 2.00 bits per heavy atom. The summed E-state index contributed by atoms with van der Waals surface area (Å²) >= 11 is 0. The summed E-state index contributed by atoms with van der Waals surface area (Å²) in [6, 6.07) is 2.40. The number of halogens is 2. The summed E-state index contributed by atoms with van der Waals surface area (Å²) in [7, 11) is 0. The molecule has 0 aliphatic rings. The van der Waals surface area contributed by atoms with Gasteiger partial charge in [0.05, 0.1) is 0 Å². The molecule has 0 atom stereocenters. The van der Waals surface area contributed by atoms with Gasteiger partial charge in [0.25, 0.3) is 0 Å². The standard InChI is InChI=1S/C12H13F2N3O2/c1-7-16-11(17-19-7)6-18-12-9(13)4-8(2-3-15)5-10(12)14/h4-5H,2-3,6,15H2,1H3. The molecule has 0 unspecified atom stereocenters. The molecule has 1 aromatic carbocycles. The van der Waals surface area contributed by atoms with Crippen molar-refractivity contribution in [3.05, 3.63) is 41.0 Å². The van der Waals surface area contributed by atoms with E-state index in [2.05, 4.69) is 10.1 Å². The summed E-state index contributed by atoms with van der Waals surface area (Å²) in [5, 5.41) is 3.56. The van der Waals surface area contributed by atoms with Crippen LogP contribution >= 0.6 is 0 Å². The average Bonchev–Trinajstić information content (AvgIpc) is 2.74. The number of aromatic nitrogens is 2. The second-order valence-electron chi connectivity index (χ2n) is 3.95. The second-order valence-corrected chi connectivity index (χ2v) is 3.95. The second kappa shape index (κ2) is 5.75. The molecule has 0 amide bonds. The van der Waals surface area contributed by atoms with Crippen molar-refractivity contribution in [3.63, 3.8) is 0 Å².